The van der Waals surface area contributed by atoms with Crippen LogP contribution in [0.4, 0.5) is 0 Å². The summed E-state index contributed by atoms with van der Waals surface area (Å²) in [7, 11) is 0. The van der Waals surface area contributed by atoms with Crippen molar-refractivity contribution in [2.24, 2.45) is 10.2 Å². The van der Waals surface area contributed by atoms with Gasteiger partial charge in [0.25, 0.3) is 0 Å². The van der Waals surface area contributed by atoms with Crippen molar-refractivity contribution in [3.8, 4) is 21.8 Å². The molecule has 3 aromatic rings. The normalized spacial score (nSPS) is 16.3. The third kappa shape index (κ3) is 3.11. The number of hydrogen-bond donors (Lipinski definition) is 0. The molecule has 4 nitrogen and oxygen atoms in total. The molecule has 0 saturated heterocycles. The lowest BCUT2D eigenvalue weighted by molar-refractivity contribution is 0.223. The monoisotopic (exact) mass is 351 g/mol. The standard InChI is InChI=1S/C18H13N3OS2/c23-18-21-20-15(22-18)11-14-16(12-7-3-1-4-8-12)19-17(24-14)13-9-5-2-6-10-13/h1-10,15H,11H2. The average Bonchev–Trinajstić information content (AvgIpc) is 3.23. The number of azo groups is 1. The van der Waals surface area contributed by atoms with Crippen molar-refractivity contribution >= 4 is 28.7 Å². The van der Waals surface area contributed by atoms with E-state index >= 15 is 0 Å². The summed E-state index contributed by atoms with van der Waals surface area (Å²) in [5.41, 5.74) is 3.16. The van der Waals surface area contributed by atoms with E-state index in [2.05, 4.69) is 34.5 Å². The van der Waals surface area contributed by atoms with E-state index in [0.717, 1.165) is 26.7 Å². The Kier molecular flexibility index (Phi) is 4.15. The fourth-order valence-corrected chi connectivity index (χ4v) is 3.80. The molecule has 0 saturated carbocycles. The van der Waals surface area contributed by atoms with Crippen LogP contribution in [-0.2, 0) is 11.2 Å². The van der Waals surface area contributed by atoms with Crippen LogP contribution in [0.3, 0.4) is 0 Å². The Balaban J connectivity index is 1.74. The Morgan fingerprint density at radius 3 is 2.25 bits per heavy atom. The molecule has 0 radical (unpaired) electrons. The van der Waals surface area contributed by atoms with E-state index in [1.165, 1.54) is 0 Å². The molecular formula is C18H13N3OS2. The molecule has 118 valence electrons. The van der Waals surface area contributed by atoms with Crippen molar-refractivity contribution in [1.29, 1.82) is 0 Å². The summed E-state index contributed by atoms with van der Waals surface area (Å²) in [4.78, 5) is 5.99. The summed E-state index contributed by atoms with van der Waals surface area (Å²) >= 11 is 6.58. The van der Waals surface area contributed by atoms with Crippen molar-refractivity contribution in [2.45, 2.75) is 12.6 Å². The van der Waals surface area contributed by atoms with Gasteiger partial charge in [0.2, 0.25) is 6.23 Å². The van der Waals surface area contributed by atoms with Crippen molar-refractivity contribution < 1.29 is 4.74 Å². The minimum atomic E-state index is -0.357. The van der Waals surface area contributed by atoms with Crippen LogP contribution < -0.4 is 0 Å². The third-order valence-corrected chi connectivity index (χ3v) is 4.93. The molecule has 0 fully saturated rings. The minimum Gasteiger partial charge on any atom is -0.440 e. The van der Waals surface area contributed by atoms with Crippen LogP contribution in [0.15, 0.2) is 70.9 Å². The van der Waals surface area contributed by atoms with Gasteiger partial charge in [-0.05, 0) is 12.2 Å². The largest absolute Gasteiger partial charge is 0.440 e. The molecule has 1 atom stereocenters. The van der Waals surface area contributed by atoms with Crippen LogP contribution in [0.1, 0.15) is 4.88 Å². The van der Waals surface area contributed by atoms with Crippen LogP contribution >= 0.6 is 23.6 Å². The molecule has 0 spiro atoms. The molecule has 2 heterocycles. The lowest BCUT2D eigenvalue weighted by atomic mass is 10.1. The fourth-order valence-electron chi connectivity index (χ4n) is 2.53. The number of hydrogen-bond acceptors (Lipinski definition) is 5. The number of thiocarbonyl (C=S) groups is 1. The Labute approximate surface area is 148 Å². The molecule has 1 unspecified atom stereocenters. The highest BCUT2D eigenvalue weighted by atomic mass is 32.1. The summed E-state index contributed by atoms with van der Waals surface area (Å²) < 4.78 is 5.45. The van der Waals surface area contributed by atoms with Gasteiger partial charge in [-0.2, -0.15) is 0 Å². The van der Waals surface area contributed by atoms with Crippen molar-refractivity contribution in [3.05, 3.63) is 65.5 Å². The van der Waals surface area contributed by atoms with Crippen LogP contribution in [0.25, 0.3) is 21.8 Å². The van der Waals surface area contributed by atoms with Gasteiger partial charge < -0.3 is 4.74 Å². The van der Waals surface area contributed by atoms with Gasteiger partial charge in [-0.25, -0.2) is 4.98 Å². The molecule has 4 rings (SSSR count). The lowest BCUT2D eigenvalue weighted by Gasteiger charge is -2.06. The minimum absolute atomic E-state index is 0.203. The van der Waals surface area contributed by atoms with E-state index in [1.54, 1.807) is 11.3 Å². The van der Waals surface area contributed by atoms with Crippen LogP contribution in [0.5, 0.6) is 0 Å². The van der Waals surface area contributed by atoms with Crippen molar-refractivity contribution in [2.75, 3.05) is 0 Å². The van der Waals surface area contributed by atoms with E-state index < -0.39 is 0 Å². The molecule has 0 amide bonds. The predicted molar refractivity (Wildman–Crippen MR) is 99.0 cm³/mol. The molecule has 0 N–H and O–H groups in total. The summed E-state index contributed by atoms with van der Waals surface area (Å²) in [5.74, 6) is 0. The van der Waals surface area contributed by atoms with Gasteiger partial charge >= 0.3 is 5.17 Å². The zero-order valence-corrected chi connectivity index (χ0v) is 14.3. The second-order valence-electron chi connectivity index (χ2n) is 5.28. The lowest BCUT2D eigenvalue weighted by Crippen LogP contribution is -2.09. The molecule has 1 aromatic heterocycles. The Hall–Kier alpha value is -2.44. The molecule has 1 aliphatic heterocycles. The highest BCUT2D eigenvalue weighted by Crippen LogP contribution is 2.35. The number of aromatic nitrogens is 1. The maximum absolute atomic E-state index is 5.45. The van der Waals surface area contributed by atoms with Gasteiger partial charge in [-0.3, -0.25) is 0 Å². The number of benzene rings is 2. The molecule has 24 heavy (non-hydrogen) atoms. The molecule has 1 aliphatic rings. The van der Waals surface area contributed by atoms with Gasteiger partial charge in [0.1, 0.15) is 5.01 Å². The first kappa shape index (κ1) is 15.1. The van der Waals surface area contributed by atoms with E-state index in [9.17, 15) is 0 Å². The number of nitrogens with zero attached hydrogens (tertiary/aromatic N) is 3. The third-order valence-electron chi connectivity index (χ3n) is 3.63. The van der Waals surface area contributed by atoms with Crippen molar-refractivity contribution in [3.63, 3.8) is 0 Å². The highest BCUT2D eigenvalue weighted by Gasteiger charge is 2.22. The number of ether oxygens (including phenoxy) is 1. The van der Waals surface area contributed by atoms with E-state index in [4.69, 9.17) is 21.9 Å². The zero-order chi connectivity index (χ0) is 16.4. The van der Waals surface area contributed by atoms with Gasteiger partial charge in [-0.1, -0.05) is 60.7 Å². The number of rotatable bonds is 4. The van der Waals surface area contributed by atoms with Crippen molar-refractivity contribution in [1.82, 2.24) is 4.98 Å². The SMILES string of the molecule is S=C1N=NC(Cc2sc(-c3ccccc3)nc2-c2ccccc2)O1. The van der Waals surface area contributed by atoms with Gasteiger partial charge in [0.05, 0.1) is 5.69 Å². The fraction of sp³-hybridized carbons (Fsp3) is 0.111. The molecule has 6 heteroatoms. The summed E-state index contributed by atoms with van der Waals surface area (Å²) in [6.45, 7) is 0. The highest BCUT2D eigenvalue weighted by molar-refractivity contribution is 7.80. The maximum atomic E-state index is 5.45. The summed E-state index contributed by atoms with van der Waals surface area (Å²) in [5, 5.41) is 9.06. The summed E-state index contributed by atoms with van der Waals surface area (Å²) in [6, 6.07) is 20.3. The van der Waals surface area contributed by atoms with Gasteiger partial charge in [0.15, 0.2) is 0 Å². The summed E-state index contributed by atoms with van der Waals surface area (Å²) in [6.07, 6.45) is 0.252. The molecule has 2 aromatic carbocycles. The topological polar surface area (TPSA) is 46.8 Å². The molecule has 0 aliphatic carbocycles. The Morgan fingerprint density at radius 2 is 1.62 bits per heavy atom. The zero-order valence-electron chi connectivity index (χ0n) is 12.6. The van der Waals surface area contributed by atoms with E-state index in [0.29, 0.717) is 6.42 Å². The van der Waals surface area contributed by atoms with Crippen LogP contribution in [0.2, 0.25) is 0 Å². The average molecular weight is 351 g/mol. The molecular weight excluding hydrogens is 338 g/mol. The van der Waals surface area contributed by atoms with Gasteiger partial charge in [-0.15, -0.1) is 21.6 Å². The van der Waals surface area contributed by atoms with E-state index in [1.807, 2.05) is 36.4 Å². The Morgan fingerprint density at radius 1 is 0.958 bits per heavy atom. The maximum Gasteiger partial charge on any atom is 0.304 e. The Bertz CT molecular complexity index is 891. The number of thiazole rings is 1. The van der Waals surface area contributed by atoms with Crippen LogP contribution in [0, 0.1) is 0 Å². The smallest absolute Gasteiger partial charge is 0.304 e. The van der Waals surface area contributed by atoms with Gasteiger partial charge in [0, 0.05) is 22.4 Å². The predicted octanol–water partition coefficient (Wildman–Crippen LogP) is 5.11. The van der Waals surface area contributed by atoms with Crippen LogP contribution in [-0.4, -0.2) is 16.4 Å². The second kappa shape index (κ2) is 6.59. The molecule has 0 bridgehead atoms. The first-order chi connectivity index (χ1) is 11.8. The first-order valence-corrected chi connectivity index (χ1v) is 8.74. The second-order valence-corrected chi connectivity index (χ2v) is 6.71. The first-order valence-electron chi connectivity index (χ1n) is 7.51. The van der Waals surface area contributed by atoms with E-state index in [-0.39, 0.29) is 11.4 Å². The quantitative estimate of drug-likeness (QED) is 0.613.